The van der Waals surface area contributed by atoms with Crippen molar-refractivity contribution < 1.29 is 26.3 Å². The van der Waals surface area contributed by atoms with Crippen LogP contribution >= 0.6 is 0 Å². The highest BCUT2D eigenvalue weighted by Gasteiger charge is 2.32. The van der Waals surface area contributed by atoms with Crippen LogP contribution in [-0.2, 0) is 16.3 Å². The van der Waals surface area contributed by atoms with Crippen LogP contribution in [0.2, 0.25) is 0 Å². The van der Waals surface area contributed by atoms with Crippen LogP contribution in [0.4, 0.5) is 18.9 Å². The fourth-order valence-corrected chi connectivity index (χ4v) is 5.92. The third-order valence-corrected chi connectivity index (χ3v) is 8.06. The van der Waals surface area contributed by atoms with E-state index in [-0.39, 0.29) is 15.2 Å². The Hall–Kier alpha value is -2.89. The van der Waals surface area contributed by atoms with Gasteiger partial charge in [-0.25, -0.2) is 8.42 Å². The van der Waals surface area contributed by atoms with Crippen molar-refractivity contribution in [2.75, 3.05) is 44.2 Å². The molecule has 2 heterocycles. The van der Waals surface area contributed by atoms with Gasteiger partial charge in [-0.1, -0.05) is 19.1 Å². The van der Waals surface area contributed by atoms with E-state index in [1.165, 1.54) is 24.4 Å². The van der Waals surface area contributed by atoms with Crippen molar-refractivity contribution in [3.63, 3.8) is 0 Å². The number of fused-ring (bicyclic) bond motifs is 1. The Morgan fingerprint density at radius 2 is 1.81 bits per heavy atom. The lowest BCUT2D eigenvalue weighted by Gasteiger charge is -2.27. The molecule has 0 atom stereocenters. The van der Waals surface area contributed by atoms with Crippen LogP contribution in [0, 0.1) is 0 Å². The summed E-state index contributed by atoms with van der Waals surface area (Å²) in [5.74, 6) is -0.431. The number of rotatable bonds is 7. The first-order valence-electron chi connectivity index (χ1n) is 11.8. The smallest absolute Gasteiger partial charge is 0.406 e. The van der Waals surface area contributed by atoms with Crippen molar-refractivity contribution in [1.82, 2.24) is 9.88 Å². The summed E-state index contributed by atoms with van der Waals surface area (Å²) in [4.78, 5) is 8.47. The van der Waals surface area contributed by atoms with Crippen LogP contribution in [-0.4, -0.2) is 63.9 Å². The number of nitrogens with zero attached hydrogens (tertiary/aromatic N) is 3. The molecule has 0 radical (unpaired) electrons. The van der Waals surface area contributed by atoms with E-state index in [0.29, 0.717) is 43.9 Å². The molecule has 36 heavy (non-hydrogen) atoms. The van der Waals surface area contributed by atoms with E-state index in [2.05, 4.69) is 14.6 Å². The first-order valence-corrected chi connectivity index (χ1v) is 13.3. The third kappa shape index (κ3) is 5.74. The average Bonchev–Trinajstić information content (AvgIpc) is 3.08. The first-order chi connectivity index (χ1) is 17.1. The molecule has 4 rings (SSSR count). The fraction of sp³-hybridized carbons (Fsp3) is 0.400. The predicted molar refractivity (Wildman–Crippen MR) is 132 cm³/mol. The number of alkyl halides is 3. The van der Waals surface area contributed by atoms with Crippen LogP contribution in [0.25, 0.3) is 10.9 Å². The Balaban J connectivity index is 1.88. The number of pyridine rings is 1. The van der Waals surface area contributed by atoms with Gasteiger partial charge in [-0.3, -0.25) is 4.98 Å². The standard InChI is InChI=1S/C25H29F3N4O3S/c1-2-18-4-7-20(8-5-18)36(33,34)23-17-30-22-9-6-19(35-25(26,27)28)16-21(22)24(23)32-12-3-11-31(13-10-29)14-15-32/h4-9,16-17H,2-3,10-15,29H2,1H3. The zero-order valence-corrected chi connectivity index (χ0v) is 20.8. The van der Waals surface area contributed by atoms with E-state index in [1.807, 2.05) is 11.8 Å². The summed E-state index contributed by atoms with van der Waals surface area (Å²) in [7, 11) is -4.02. The molecule has 2 N–H and O–H groups in total. The molecule has 1 aliphatic rings. The van der Waals surface area contributed by atoms with Crippen LogP contribution in [0.1, 0.15) is 18.9 Å². The second kappa shape index (κ2) is 10.6. The van der Waals surface area contributed by atoms with Gasteiger partial charge in [0.05, 0.1) is 16.1 Å². The molecular weight excluding hydrogens is 493 g/mol. The molecule has 0 unspecified atom stereocenters. The number of aromatic nitrogens is 1. The first kappa shape index (κ1) is 26.2. The summed E-state index contributed by atoms with van der Waals surface area (Å²) < 4.78 is 70.6. The molecule has 0 aliphatic carbocycles. The van der Waals surface area contributed by atoms with E-state index in [4.69, 9.17) is 5.73 Å². The summed E-state index contributed by atoms with van der Waals surface area (Å²) in [5.41, 5.74) is 7.42. The normalized spacial score (nSPS) is 15.8. The van der Waals surface area contributed by atoms with E-state index < -0.39 is 21.9 Å². The number of benzene rings is 2. The van der Waals surface area contributed by atoms with Crippen molar-refractivity contribution in [1.29, 1.82) is 0 Å². The summed E-state index contributed by atoms with van der Waals surface area (Å²) in [5, 5.41) is 0.287. The Morgan fingerprint density at radius 3 is 2.47 bits per heavy atom. The van der Waals surface area contributed by atoms with Crippen molar-refractivity contribution in [3.05, 3.63) is 54.2 Å². The van der Waals surface area contributed by atoms with Gasteiger partial charge in [-0.05, 0) is 55.3 Å². The number of hydrogen-bond acceptors (Lipinski definition) is 7. The molecule has 1 fully saturated rings. The maximum absolute atomic E-state index is 13.8. The number of nitrogens with two attached hydrogens (primary N) is 1. The number of anilines is 1. The molecule has 0 spiro atoms. The molecule has 7 nitrogen and oxygen atoms in total. The molecule has 0 saturated carbocycles. The van der Waals surface area contributed by atoms with Crippen LogP contribution < -0.4 is 15.4 Å². The largest absolute Gasteiger partial charge is 0.573 e. The fourth-order valence-electron chi connectivity index (χ4n) is 4.49. The van der Waals surface area contributed by atoms with E-state index in [0.717, 1.165) is 24.9 Å². The summed E-state index contributed by atoms with van der Waals surface area (Å²) >= 11 is 0. The summed E-state index contributed by atoms with van der Waals surface area (Å²) in [6.45, 7) is 5.64. The Bertz CT molecular complexity index is 1310. The maximum Gasteiger partial charge on any atom is 0.573 e. The van der Waals surface area contributed by atoms with Crippen LogP contribution in [0.3, 0.4) is 0 Å². The number of sulfone groups is 1. The quantitative estimate of drug-likeness (QED) is 0.502. The number of ether oxygens (including phenoxy) is 1. The maximum atomic E-state index is 13.8. The lowest BCUT2D eigenvalue weighted by molar-refractivity contribution is -0.274. The van der Waals surface area contributed by atoms with Gasteiger partial charge in [-0.2, -0.15) is 0 Å². The molecule has 0 bridgehead atoms. The monoisotopic (exact) mass is 522 g/mol. The van der Waals surface area contributed by atoms with Crippen LogP contribution in [0.15, 0.2) is 58.5 Å². The van der Waals surface area contributed by atoms with Crippen molar-refractivity contribution in [3.8, 4) is 5.75 Å². The highest BCUT2D eigenvalue weighted by atomic mass is 32.2. The molecule has 1 aliphatic heterocycles. The Labute approximate surface area is 208 Å². The molecule has 2 aromatic carbocycles. The van der Waals surface area contributed by atoms with Gasteiger partial charge in [0, 0.05) is 44.3 Å². The minimum atomic E-state index is -4.88. The molecule has 11 heteroatoms. The van der Waals surface area contributed by atoms with Crippen molar-refractivity contribution >= 4 is 26.4 Å². The summed E-state index contributed by atoms with van der Waals surface area (Å²) in [6.07, 6.45) is -2.07. The minimum absolute atomic E-state index is 0.0457. The number of aryl methyl sites for hydroxylation is 1. The highest BCUT2D eigenvalue weighted by molar-refractivity contribution is 7.91. The predicted octanol–water partition coefficient (Wildman–Crippen LogP) is 4.00. The number of hydrogen-bond donors (Lipinski definition) is 1. The Morgan fingerprint density at radius 1 is 1.06 bits per heavy atom. The average molecular weight is 523 g/mol. The van der Waals surface area contributed by atoms with Gasteiger partial charge >= 0.3 is 6.36 Å². The van der Waals surface area contributed by atoms with Gasteiger partial charge in [0.25, 0.3) is 0 Å². The van der Waals surface area contributed by atoms with E-state index in [9.17, 15) is 21.6 Å². The minimum Gasteiger partial charge on any atom is -0.406 e. The molecule has 0 amide bonds. The van der Waals surface area contributed by atoms with Crippen molar-refractivity contribution in [2.24, 2.45) is 5.73 Å². The van der Waals surface area contributed by atoms with E-state index >= 15 is 0 Å². The second-order valence-electron chi connectivity index (χ2n) is 8.67. The van der Waals surface area contributed by atoms with Gasteiger partial charge in [0.1, 0.15) is 10.6 Å². The third-order valence-electron chi connectivity index (χ3n) is 6.29. The lowest BCUT2D eigenvalue weighted by atomic mass is 10.1. The molecular formula is C25H29F3N4O3S. The lowest BCUT2D eigenvalue weighted by Crippen LogP contribution is -2.34. The highest BCUT2D eigenvalue weighted by Crippen LogP contribution is 2.38. The zero-order chi connectivity index (χ0) is 25.9. The van der Waals surface area contributed by atoms with Gasteiger partial charge in [-0.15, -0.1) is 13.2 Å². The van der Waals surface area contributed by atoms with Gasteiger partial charge in [0.15, 0.2) is 0 Å². The van der Waals surface area contributed by atoms with Gasteiger partial charge < -0.3 is 20.3 Å². The van der Waals surface area contributed by atoms with E-state index in [1.54, 1.807) is 24.3 Å². The number of halogens is 3. The van der Waals surface area contributed by atoms with Crippen LogP contribution in [0.5, 0.6) is 5.75 Å². The summed E-state index contributed by atoms with van der Waals surface area (Å²) in [6, 6.07) is 10.4. The molecule has 1 aromatic heterocycles. The molecule has 3 aromatic rings. The van der Waals surface area contributed by atoms with Crippen molar-refractivity contribution in [2.45, 2.75) is 35.9 Å². The Kier molecular flexibility index (Phi) is 7.72. The zero-order valence-electron chi connectivity index (χ0n) is 20.0. The molecule has 194 valence electrons. The second-order valence-corrected chi connectivity index (χ2v) is 10.6. The molecule has 1 saturated heterocycles. The van der Waals surface area contributed by atoms with Gasteiger partial charge in [0.2, 0.25) is 9.84 Å². The topological polar surface area (TPSA) is 88.8 Å². The SMILES string of the molecule is CCc1ccc(S(=O)(=O)c2cnc3ccc(OC(F)(F)F)cc3c2N2CCCN(CCN)CC2)cc1.